The summed E-state index contributed by atoms with van der Waals surface area (Å²) in [6.07, 6.45) is 3.85. The van der Waals surface area contributed by atoms with Crippen molar-refractivity contribution in [3.63, 3.8) is 0 Å². The molecule has 5 heteroatoms. The number of hydrogen-bond acceptors (Lipinski definition) is 3. The molecule has 0 aromatic heterocycles. The molecule has 0 aliphatic heterocycles. The Labute approximate surface area is 115 Å². The summed E-state index contributed by atoms with van der Waals surface area (Å²) in [4.78, 5) is 9.45. The Morgan fingerprint density at radius 3 is 1.94 bits per heavy atom. The Bertz CT molecular complexity index is 171. The van der Waals surface area contributed by atoms with E-state index in [1.54, 1.807) is 0 Å². The molecule has 0 fully saturated rings. The first-order valence-electron chi connectivity index (χ1n) is 5.91. The van der Waals surface area contributed by atoms with Gasteiger partial charge in [0.2, 0.25) is 0 Å². The molecule has 3 atom stereocenters. The van der Waals surface area contributed by atoms with Crippen molar-refractivity contribution in [1.82, 2.24) is 0 Å². The zero-order chi connectivity index (χ0) is 13.1. The van der Waals surface area contributed by atoms with Gasteiger partial charge in [-0.2, -0.15) is 0 Å². The van der Waals surface area contributed by atoms with E-state index in [-0.39, 0.29) is 6.10 Å². The van der Waals surface area contributed by atoms with Crippen LogP contribution in [0.4, 0.5) is 0 Å². The van der Waals surface area contributed by atoms with Crippen LogP contribution in [0.25, 0.3) is 0 Å². The van der Waals surface area contributed by atoms with Crippen LogP contribution in [0.3, 0.4) is 0 Å². The zero-order valence-electron chi connectivity index (χ0n) is 10.8. The number of carboxylic acid groups (broad SMARTS) is 1. The first-order valence-corrected chi connectivity index (χ1v) is 7.07. The topological polar surface area (TPSA) is 77.8 Å². The van der Waals surface area contributed by atoms with E-state index in [9.17, 15) is 4.79 Å². The van der Waals surface area contributed by atoms with E-state index in [0.717, 1.165) is 27.9 Å². The summed E-state index contributed by atoms with van der Waals surface area (Å²) < 4.78 is 0.617. The first-order chi connectivity index (χ1) is 7.32. The summed E-state index contributed by atoms with van der Waals surface area (Å²) in [5, 5.41) is 24.9. The van der Waals surface area contributed by atoms with Crippen molar-refractivity contribution in [2.75, 3.05) is 0 Å². The van der Waals surface area contributed by atoms with Crippen molar-refractivity contribution in [3.05, 3.63) is 0 Å². The standard InChI is InChI=1S/C8H17O.C3H6O3.Na/c1-3-4-5-6-7-8(2)9;1-2(4)3(5)6;/h7-9H,3-6H2,1-2H3;2,4H,1H3,(H,5,6);. The van der Waals surface area contributed by atoms with Gasteiger partial charge in [0.1, 0.15) is 6.10 Å². The molecule has 16 heavy (non-hydrogen) atoms. The van der Waals surface area contributed by atoms with E-state index >= 15 is 0 Å². The first kappa shape index (κ1) is 18.7. The number of aliphatic hydroxyl groups excluding tert-OH is 2. The molecule has 0 spiro atoms. The van der Waals surface area contributed by atoms with Crippen LogP contribution in [0, 0.1) is 0 Å². The summed E-state index contributed by atoms with van der Waals surface area (Å²) >= 11 is 1.14. The van der Waals surface area contributed by atoms with Gasteiger partial charge >= 0.3 is 87.8 Å². The Morgan fingerprint density at radius 1 is 1.25 bits per heavy atom. The fourth-order valence-corrected chi connectivity index (χ4v) is 1.37. The van der Waals surface area contributed by atoms with Crippen molar-refractivity contribution in [1.29, 1.82) is 0 Å². The van der Waals surface area contributed by atoms with E-state index in [1.807, 2.05) is 6.92 Å². The van der Waals surface area contributed by atoms with Crippen molar-refractivity contribution in [2.45, 2.75) is 61.8 Å². The molecule has 0 aromatic carbocycles. The second-order valence-corrected chi connectivity index (χ2v) is 5.71. The zero-order valence-corrected chi connectivity index (χ0v) is 12.8. The third kappa shape index (κ3) is 14.4. The molecule has 0 aliphatic rings. The molecule has 3 N–H and O–H groups in total. The van der Waals surface area contributed by atoms with E-state index in [0.29, 0.717) is 3.17 Å². The van der Waals surface area contributed by atoms with Gasteiger partial charge in [-0.15, -0.1) is 0 Å². The fourth-order valence-electron chi connectivity index (χ4n) is 0.958. The molecule has 0 bridgehead atoms. The van der Waals surface area contributed by atoms with Crippen LogP contribution < -0.4 is 0 Å². The van der Waals surface area contributed by atoms with Crippen LogP contribution >= 0.6 is 0 Å². The fraction of sp³-hybridized carbons (Fsp3) is 0.909. The quantitative estimate of drug-likeness (QED) is 0.485. The molecule has 0 heterocycles. The molecule has 3 unspecified atom stereocenters. The Kier molecular flexibility index (Phi) is 13.9. The molecule has 0 saturated heterocycles. The summed E-state index contributed by atoms with van der Waals surface area (Å²) in [7, 11) is 0. The van der Waals surface area contributed by atoms with Gasteiger partial charge in [-0.05, 0) is 6.92 Å². The second-order valence-electron chi connectivity index (χ2n) is 4.23. The summed E-state index contributed by atoms with van der Waals surface area (Å²) in [5.41, 5.74) is 0. The van der Waals surface area contributed by atoms with Crippen molar-refractivity contribution in [2.24, 2.45) is 0 Å². The SMILES string of the molecule is CC(O)C(=O)O.CCCCC[CH]([Na])C(C)O. The third-order valence-electron chi connectivity index (χ3n) is 2.44. The van der Waals surface area contributed by atoms with E-state index in [4.69, 9.17) is 15.3 Å². The molecular formula is C11H23NaO4. The number of aliphatic hydroxyl groups is 2. The summed E-state index contributed by atoms with van der Waals surface area (Å²) in [6, 6.07) is 0. The van der Waals surface area contributed by atoms with Gasteiger partial charge < -0.3 is 10.2 Å². The van der Waals surface area contributed by atoms with Gasteiger partial charge in [0, 0.05) is 0 Å². The van der Waals surface area contributed by atoms with Crippen LogP contribution in [0.5, 0.6) is 0 Å². The van der Waals surface area contributed by atoms with Gasteiger partial charge in [0.05, 0.1) is 0 Å². The minimum atomic E-state index is -1.23. The van der Waals surface area contributed by atoms with E-state index in [2.05, 4.69) is 6.92 Å². The molecule has 0 aliphatic carbocycles. The normalized spacial score (nSPS) is 15.7. The monoisotopic (exact) mass is 242 g/mol. The van der Waals surface area contributed by atoms with Gasteiger partial charge in [-0.1, -0.05) is 0 Å². The van der Waals surface area contributed by atoms with Gasteiger partial charge in [-0.3, -0.25) is 0 Å². The Balaban J connectivity index is 0. The van der Waals surface area contributed by atoms with Crippen molar-refractivity contribution < 1.29 is 20.1 Å². The van der Waals surface area contributed by atoms with E-state index < -0.39 is 12.1 Å². The molecule has 0 aromatic rings. The number of carbonyl (C=O) groups is 1. The summed E-state index contributed by atoms with van der Waals surface area (Å²) in [5.74, 6) is -1.19. The number of hydrogen-bond donors (Lipinski definition) is 3. The maximum absolute atomic E-state index is 9.45. The Morgan fingerprint density at radius 2 is 1.69 bits per heavy atom. The van der Waals surface area contributed by atoms with Crippen LogP contribution in [0.2, 0.25) is 3.17 Å². The van der Waals surface area contributed by atoms with E-state index in [1.165, 1.54) is 32.6 Å². The predicted molar refractivity (Wildman–Crippen MR) is 64.6 cm³/mol. The van der Waals surface area contributed by atoms with Crippen LogP contribution in [0.1, 0.15) is 46.5 Å². The van der Waals surface area contributed by atoms with Crippen molar-refractivity contribution in [3.8, 4) is 0 Å². The molecular weight excluding hydrogens is 219 g/mol. The van der Waals surface area contributed by atoms with Crippen molar-refractivity contribution >= 4 is 33.9 Å². The van der Waals surface area contributed by atoms with Crippen LogP contribution in [-0.2, 0) is 4.79 Å². The number of unbranched alkanes of at least 4 members (excludes halogenated alkanes) is 2. The number of carboxylic acids is 1. The van der Waals surface area contributed by atoms with Gasteiger partial charge in [-0.25, -0.2) is 4.79 Å². The van der Waals surface area contributed by atoms with Gasteiger partial charge in [0.15, 0.2) is 0 Å². The van der Waals surface area contributed by atoms with Crippen LogP contribution in [-0.4, -0.2) is 61.4 Å². The maximum atomic E-state index is 9.45. The number of aliphatic carboxylic acids is 1. The average Bonchev–Trinajstić information content (AvgIpc) is 2.18. The average molecular weight is 242 g/mol. The third-order valence-corrected chi connectivity index (χ3v) is 3.99. The molecule has 0 amide bonds. The van der Waals surface area contributed by atoms with Gasteiger partial charge in [0.25, 0.3) is 0 Å². The summed E-state index contributed by atoms with van der Waals surface area (Å²) in [6.45, 7) is 5.32. The molecule has 92 valence electrons. The molecule has 0 radical (unpaired) electrons. The number of rotatable bonds is 6. The predicted octanol–water partition coefficient (Wildman–Crippen LogP) is 1.36. The van der Waals surface area contributed by atoms with Crippen LogP contribution in [0.15, 0.2) is 0 Å². The molecule has 4 nitrogen and oxygen atoms in total. The minimum absolute atomic E-state index is 0.0662. The Hall–Kier alpha value is 0.390. The second kappa shape index (κ2) is 11.9. The molecule has 0 rings (SSSR count). The molecule has 0 saturated carbocycles.